The van der Waals surface area contributed by atoms with Gasteiger partial charge in [-0.3, -0.25) is 29.8 Å². The Bertz CT molecular complexity index is 1940. The first-order valence-corrected chi connectivity index (χ1v) is 27.0. The van der Waals surface area contributed by atoms with Crippen molar-refractivity contribution in [3.63, 3.8) is 0 Å². The lowest BCUT2D eigenvalue weighted by atomic mass is 10.1. The minimum absolute atomic E-state index is 0.00458. The molecule has 6 unspecified atom stereocenters. The van der Waals surface area contributed by atoms with E-state index in [1.54, 1.807) is 68.2 Å². The Morgan fingerprint density at radius 3 is 1.35 bits per heavy atom. The Morgan fingerprint density at radius 2 is 0.915 bits per heavy atom. The van der Waals surface area contributed by atoms with Crippen molar-refractivity contribution in [1.82, 2.24) is 0 Å². The fraction of sp³-hybridized carbons (Fsp3) is 0.793. The number of hydrogen-bond donors (Lipinski definition) is 0. The number of methoxy groups -OCH3 is 4. The van der Waals surface area contributed by atoms with Gasteiger partial charge in [-0.15, -0.1) is 0 Å². The molecule has 0 aliphatic carbocycles. The number of carbonyl (C=O) groups excluding carboxylic acids is 7. The topological polar surface area (TPSA) is 292 Å². The van der Waals surface area contributed by atoms with E-state index in [4.69, 9.17) is 37.9 Å². The predicted octanol–water partition coefficient (Wildman–Crippen LogP) is 7.67. The van der Waals surface area contributed by atoms with Crippen molar-refractivity contribution >= 4 is 72.9 Å². The second kappa shape index (κ2) is 46.0. The summed E-state index contributed by atoms with van der Waals surface area (Å²) in [6, 6.07) is 0. The lowest BCUT2D eigenvalue weighted by molar-refractivity contribution is -0.171. The van der Waals surface area contributed by atoms with Crippen LogP contribution in [0.25, 0.3) is 0 Å². The maximum Gasteiger partial charge on any atom is 0.356 e. The molecule has 0 amide bonds. The van der Waals surface area contributed by atoms with E-state index >= 15 is 0 Å². The molecule has 0 aromatic heterocycles. The van der Waals surface area contributed by atoms with Gasteiger partial charge in [-0.2, -0.15) is 0 Å². The molecule has 0 radical (unpaired) electrons. The number of ether oxygens (including phenoxy) is 12. The first-order chi connectivity index (χ1) is 37.3. The molecule has 0 N–H and O–H groups in total. The quantitative estimate of drug-likeness (QED) is 0.0264. The number of aliphatic imine (C=N–C) groups is 5. The van der Waals surface area contributed by atoms with E-state index in [0.29, 0.717) is 26.4 Å². The molecule has 0 aliphatic heterocycles. The van der Waals surface area contributed by atoms with E-state index in [1.165, 1.54) is 41.2 Å². The zero-order valence-corrected chi connectivity index (χ0v) is 54.9. The Morgan fingerprint density at radius 1 is 0.439 bits per heavy atom. The fourth-order valence-corrected chi connectivity index (χ4v) is 3.99. The zero-order chi connectivity index (χ0) is 65.1. The van der Waals surface area contributed by atoms with Crippen LogP contribution in [-0.2, 0) is 90.4 Å². The van der Waals surface area contributed by atoms with Gasteiger partial charge in [0.25, 0.3) is 0 Å². The molecule has 24 nitrogen and oxygen atoms in total. The van der Waals surface area contributed by atoms with Gasteiger partial charge in [0.15, 0.2) is 24.9 Å². The van der Waals surface area contributed by atoms with Crippen molar-refractivity contribution in [2.24, 2.45) is 30.9 Å². The van der Waals surface area contributed by atoms with Crippen LogP contribution in [0, 0.1) is 5.92 Å². The van der Waals surface area contributed by atoms with Crippen molar-refractivity contribution in [3.8, 4) is 0 Å². The molecule has 0 aromatic carbocycles. The third-order valence-corrected chi connectivity index (χ3v) is 8.32. The highest BCUT2D eigenvalue weighted by Gasteiger charge is 2.24. The largest absolute Gasteiger partial charge is 0.457 e. The van der Waals surface area contributed by atoms with Crippen molar-refractivity contribution < 1.29 is 90.4 Å². The molecule has 6 atom stereocenters. The summed E-state index contributed by atoms with van der Waals surface area (Å²) in [4.78, 5) is 99.9. The van der Waals surface area contributed by atoms with Crippen molar-refractivity contribution in [1.29, 1.82) is 0 Å². The summed E-state index contributed by atoms with van der Waals surface area (Å²) in [6.07, 6.45) is 4.61. The number of nitrogens with zero attached hydrogens (tertiary/aromatic N) is 5. The summed E-state index contributed by atoms with van der Waals surface area (Å²) in [5, 5.41) is 0. The number of rotatable bonds is 26. The third kappa shape index (κ3) is 65.4. The first kappa shape index (κ1) is 85.4. The van der Waals surface area contributed by atoms with Gasteiger partial charge in [0.2, 0.25) is 0 Å². The monoisotopic (exact) mass is 1180 g/mol. The van der Waals surface area contributed by atoms with Crippen LogP contribution in [0.15, 0.2) is 25.0 Å². The lowest BCUT2D eigenvalue weighted by Gasteiger charge is -2.17. The van der Waals surface area contributed by atoms with E-state index in [1.807, 2.05) is 61.6 Å². The number of hydrogen-bond acceptors (Lipinski definition) is 24. The van der Waals surface area contributed by atoms with Gasteiger partial charge in [-0.1, -0.05) is 13.8 Å². The van der Waals surface area contributed by atoms with Gasteiger partial charge >= 0.3 is 41.8 Å². The average Bonchev–Trinajstić information content (AvgIpc) is 3.34. The maximum atomic E-state index is 11.7. The highest BCUT2D eigenvalue weighted by Crippen LogP contribution is 2.10. The molecule has 0 saturated heterocycles. The Kier molecular flexibility index (Phi) is 47.9. The van der Waals surface area contributed by atoms with Crippen LogP contribution >= 0.6 is 0 Å². The second-order valence-electron chi connectivity index (χ2n) is 23.3. The van der Waals surface area contributed by atoms with E-state index in [0.717, 1.165) is 6.21 Å². The highest BCUT2D eigenvalue weighted by atomic mass is 16.6. The minimum atomic E-state index is -1.19. The van der Waals surface area contributed by atoms with Gasteiger partial charge in [0.05, 0.1) is 72.2 Å². The summed E-state index contributed by atoms with van der Waals surface area (Å²) >= 11 is 0. The summed E-state index contributed by atoms with van der Waals surface area (Å²) < 4.78 is 58.5. The van der Waals surface area contributed by atoms with E-state index in [9.17, 15) is 33.6 Å². The average molecular weight is 1180 g/mol. The van der Waals surface area contributed by atoms with E-state index in [-0.39, 0.29) is 53.5 Å². The molecule has 0 rings (SSSR count). The summed E-state index contributed by atoms with van der Waals surface area (Å²) in [6.45, 7) is 44.6. The van der Waals surface area contributed by atoms with Gasteiger partial charge < -0.3 is 56.8 Å². The summed E-state index contributed by atoms with van der Waals surface area (Å²) in [7, 11) is 6.04. The van der Waals surface area contributed by atoms with Crippen LogP contribution < -0.4 is 0 Å². The van der Waals surface area contributed by atoms with Crippen LogP contribution in [0.3, 0.4) is 0 Å². The first-order valence-electron chi connectivity index (χ1n) is 27.0. The predicted molar refractivity (Wildman–Crippen MR) is 319 cm³/mol. The van der Waals surface area contributed by atoms with Gasteiger partial charge in [-0.25, -0.2) is 28.8 Å². The Balaban J connectivity index is -0.000000304. The molecule has 478 valence electrons. The number of esters is 7. The molecular formula is C58H107N5O19. The molecule has 0 heterocycles. The lowest BCUT2D eigenvalue weighted by Crippen LogP contribution is -2.31. The van der Waals surface area contributed by atoms with Crippen molar-refractivity contribution in [2.45, 2.75) is 224 Å². The van der Waals surface area contributed by atoms with Crippen LogP contribution in [0.1, 0.15) is 159 Å². The molecular weight excluding hydrogens is 1070 g/mol. The van der Waals surface area contributed by atoms with Crippen molar-refractivity contribution in [3.05, 3.63) is 0 Å². The maximum absolute atomic E-state index is 11.7. The Labute approximate surface area is 491 Å². The Hall–Kier alpha value is -5.40. The molecule has 82 heavy (non-hydrogen) atoms. The van der Waals surface area contributed by atoms with Crippen LogP contribution in [0.4, 0.5) is 0 Å². The summed E-state index contributed by atoms with van der Waals surface area (Å²) in [5.41, 5.74) is -0.878. The van der Waals surface area contributed by atoms with Crippen LogP contribution in [0.5, 0.6) is 0 Å². The van der Waals surface area contributed by atoms with Gasteiger partial charge in [-0.05, 0) is 145 Å². The fourth-order valence-electron chi connectivity index (χ4n) is 3.99. The molecule has 0 fully saturated rings. The van der Waals surface area contributed by atoms with Crippen molar-refractivity contribution in [2.75, 3.05) is 74.7 Å². The molecule has 0 aliphatic rings. The second-order valence-corrected chi connectivity index (χ2v) is 23.3. The zero-order valence-electron chi connectivity index (χ0n) is 54.9. The third-order valence-electron chi connectivity index (χ3n) is 8.32. The van der Waals surface area contributed by atoms with E-state index in [2.05, 4.69) is 85.5 Å². The molecule has 0 saturated carbocycles. The standard InChI is InChI=1S/C14H25NO4.C12H19NO6.C12H21NO5.C11H23NO2.C9H19NO2/c1-9(2)12(16)19-11(4)13(17)18-10(3)8-15-14(5,6)7;1-8(18-10(15)7-17-5)11(16)19-9(14)6-13-12(2,3)4;1-9(16-5)11(15)18-8-10(14)17-7-6-13-12(2,3)4;1-9(7-12-11(3,4)5)14-8-10(2)13-6;1-9(2,3)10-5-6-12-8-7-11-4/h8-11H,1-7H3;6,8H,7H2,1-5H3;6,9H,7-8H2,1-5H3;7,9-10H,8H2,1-6H3;5H,6-8H2,1-4H3. The molecule has 0 spiro atoms. The highest BCUT2D eigenvalue weighted by molar-refractivity contribution is 6.25. The molecule has 24 heteroatoms. The smallest absolute Gasteiger partial charge is 0.356 e. The van der Waals surface area contributed by atoms with Gasteiger partial charge in [0.1, 0.15) is 25.5 Å². The molecule has 0 bridgehead atoms. The SMILES string of the molecule is CC(C=NC(C)(C)C)OC(=O)C(C)OC(=O)C(C)C.COC(C)C(=O)OCC(=O)OCC=NC(C)(C)C.COC(C)COC(C)C=NC(C)(C)C.COCC(=O)OC(C)C(=O)OC(=O)C=NC(C)(C)C.COCCOCC=NC(C)(C)C. The van der Waals surface area contributed by atoms with Crippen LogP contribution in [0.2, 0.25) is 0 Å². The van der Waals surface area contributed by atoms with Crippen LogP contribution in [-0.4, -0.2) is 212 Å². The number of carbonyl (C=O) groups is 7. The van der Waals surface area contributed by atoms with Gasteiger partial charge in [0, 0.05) is 53.3 Å². The summed E-state index contributed by atoms with van der Waals surface area (Å²) in [5.74, 6) is -5.06. The minimum Gasteiger partial charge on any atom is -0.457 e. The molecule has 0 aromatic rings. The van der Waals surface area contributed by atoms with E-state index < -0.39 is 78.3 Å². The normalized spacial score (nSPS) is 14.3.